The van der Waals surface area contributed by atoms with Crippen LogP contribution in [-0.4, -0.2) is 12.6 Å². The summed E-state index contributed by atoms with van der Waals surface area (Å²) < 4.78 is 0. The van der Waals surface area contributed by atoms with Crippen molar-refractivity contribution in [1.82, 2.24) is 5.32 Å². The molecule has 0 aromatic heterocycles. The van der Waals surface area contributed by atoms with Crippen molar-refractivity contribution in [1.29, 1.82) is 0 Å². The zero-order valence-electron chi connectivity index (χ0n) is 9.92. The van der Waals surface area contributed by atoms with Gasteiger partial charge in [0.05, 0.1) is 0 Å². The summed E-state index contributed by atoms with van der Waals surface area (Å²) in [5.41, 5.74) is 0. The summed E-state index contributed by atoms with van der Waals surface area (Å²) in [6, 6.07) is 0.767. The molecule has 1 N–H and O–H groups in total. The summed E-state index contributed by atoms with van der Waals surface area (Å²) in [4.78, 5) is 0. The van der Waals surface area contributed by atoms with Crippen LogP contribution in [0.3, 0.4) is 0 Å². The fourth-order valence-electron chi connectivity index (χ4n) is 3.68. The third-order valence-corrected chi connectivity index (χ3v) is 4.60. The van der Waals surface area contributed by atoms with E-state index in [1.807, 2.05) is 0 Å². The molecular formula is C13H25N. The lowest BCUT2D eigenvalue weighted by molar-refractivity contribution is 0.175. The minimum atomic E-state index is 0.767. The van der Waals surface area contributed by atoms with Gasteiger partial charge in [-0.25, -0.2) is 0 Å². The maximum Gasteiger partial charge on any atom is 0.00727 e. The molecule has 82 valence electrons. The smallest absolute Gasteiger partial charge is 0.00727 e. The molecule has 0 radical (unpaired) electrons. The van der Waals surface area contributed by atoms with Crippen LogP contribution in [0, 0.1) is 23.7 Å². The van der Waals surface area contributed by atoms with E-state index in [2.05, 4.69) is 26.1 Å². The molecule has 0 aromatic rings. The van der Waals surface area contributed by atoms with Crippen molar-refractivity contribution < 1.29 is 0 Å². The highest BCUT2D eigenvalue weighted by atomic mass is 15.0. The van der Waals surface area contributed by atoms with Crippen molar-refractivity contribution in [2.45, 2.75) is 52.5 Å². The van der Waals surface area contributed by atoms with Gasteiger partial charge in [-0.15, -0.1) is 0 Å². The van der Waals surface area contributed by atoms with Gasteiger partial charge in [-0.2, -0.15) is 0 Å². The van der Waals surface area contributed by atoms with Gasteiger partial charge in [0.15, 0.2) is 0 Å². The molecule has 1 saturated carbocycles. The fourth-order valence-corrected chi connectivity index (χ4v) is 3.68. The summed E-state index contributed by atoms with van der Waals surface area (Å²) in [5, 5.41) is 3.63. The second-order valence-corrected chi connectivity index (χ2v) is 5.77. The second kappa shape index (κ2) is 4.22. The quantitative estimate of drug-likeness (QED) is 0.678. The van der Waals surface area contributed by atoms with E-state index in [-0.39, 0.29) is 0 Å². The average Bonchev–Trinajstić information content (AvgIpc) is 2.49. The largest absolute Gasteiger partial charge is 0.314 e. The molecule has 0 amide bonds. The maximum absolute atomic E-state index is 3.63. The molecule has 0 aromatic carbocycles. The SMILES string of the molecule is CC1CCC(C2C(C)CNC2C)CC1. The van der Waals surface area contributed by atoms with E-state index >= 15 is 0 Å². The molecule has 1 nitrogen and oxygen atoms in total. The second-order valence-electron chi connectivity index (χ2n) is 5.77. The van der Waals surface area contributed by atoms with E-state index < -0.39 is 0 Å². The molecule has 0 spiro atoms. The molecule has 0 bridgehead atoms. The Labute approximate surface area is 88.7 Å². The Morgan fingerprint density at radius 1 is 0.929 bits per heavy atom. The number of nitrogens with one attached hydrogen (secondary N) is 1. The third kappa shape index (κ3) is 1.98. The summed E-state index contributed by atoms with van der Waals surface area (Å²) in [5.74, 6) is 3.88. The van der Waals surface area contributed by atoms with Crippen LogP contribution in [0.4, 0.5) is 0 Å². The maximum atomic E-state index is 3.63. The third-order valence-electron chi connectivity index (χ3n) is 4.60. The predicted octanol–water partition coefficient (Wildman–Crippen LogP) is 3.06. The van der Waals surface area contributed by atoms with Crippen LogP contribution >= 0.6 is 0 Å². The van der Waals surface area contributed by atoms with Gasteiger partial charge in [-0.1, -0.05) is 26.7 Å². The Morgan fingerprint density at radius 3 is 2.07 bits per heavy atom. The van der Waals surface area contributed by atoms with Gasteiger partial charge in [0, 0.05) is 6.04 Å². The zero-order valence-corrected chi connectivity index (χ0v) is 9.92. The standard InChI is InChI=1S/C13H25N/c1-9-4-6-12(7-5-9)13-10(2)8-14-11(13)3/h9-14H,4-8H2,1-3H3. The van der Waals surface area contributed by atoms with Gasteiger partial charge in [0.1, 0.15) is 0 Å². The first kappa shape index (κ1) is 10.5. The Hall–Kier alpha value is -0.0400. The van der Waals surface area contributed by atoms with Crippen molar-refractivity contribution in [2.24, 2.45) is 23.7 Å². The van der Waals surface area contributed by atoms with Gasteiger partial charge in [-0.3, -0.25) is 0 Å². The lowest BCUT2D eigenvalue weighted by Gasteiger charge is -2.34. The lowest BCUT2D eigenvalue weighted by Crippen LogP contribution is -2.31. The van der Waals surface area contributed by atoms with Crippen molar-refractivity contribution in [3.63, 3.8) is 0 Å². The van der Waals surface area contributed by atoms with Crippen LogP contribution in [0.2, 0.25) is 0 Å². The molecule has 1 heteroatoms. The highest BCUT2D eigenvalue weighted by Gasteiger charge is 2.37. The Morgan fingerprint density at radius 2 is 1.57 bits per heavy atom. The number of hydrogen-bond acceptors (Lipinski definition) is 1. The van der Waals surface area contributed by atoms with E-state index in [4.69, 9.17) is 0 Å². The van der Waals surface area contributed by atoms with E-state index in [1.165, 1.54) is 32.2 Å². The minimum absolute atomic E-state index is 0.767. The molecule has 1 heterocycles. The number of hydrogen-bond donors (Lipinski definition) is 1. The summed E-state index contributed by atoms with van der Waals surface area (Å²) in [6.45, 7) is 8.47. The van der Waals surface area contributed by atoms with Gasteiger partial charge >= 0.3 is 0 Å². The van der Waals surface area contributed by atoms with E-state index in [9.17, 15) is 0 Å². The highest BCUT2D eigenvalue weighted by Crippen LogP contribution is 2.39. The monoisotopic (exact) mass is 195 g/mol. The predicted molar refractivity (Wildman–Crippen MR) is 61.2 cm³/mol. The molecule has 1 aliphatic carbocycles. The fraction of sp³-hybridized carbons (Fsp3) is 1.00. The van der Waals surface area contributed by atoms with Crippen molar-refractivity contribution >= 4 is 0 Å². The molecule has 2 aliphatic rings. The Kier molecular flexibility index (Phi) is 3.16. The van der Waals surface area contributed by atoms with Crippen LogP contribution in [-0.2, 0) is 0 Å². The number of rotatable bonds is 1. The molecule has 1 saturated heterocycles. The molecule has 3 unspecified atom stereocenters. The van der Waals surface area contributed by atoms with Crippen LogP contribution in [0.5, 0.6) is 0 Å². The van der Waals surface area contributed by atoms with Crippen LogP contribution < -0.4 is 5.32 Å². The van der Waals surface area contributed by atoms with E-state index in [0.717, 1.165) is 29.7 Å². The van der Waals surface area contributed by atoms with E-state index in [0.29, 0.717) is 0 Å². The first-order chi connectivity index (χ1) is 6.68. The van der Waals surface area contributed by atoms with E-state index in [1.54, 1.807) is 0 Å². The van der Waals surface area contributed by atoms with Crippen LogP contribution in [0.1, 0.15) is 46.5 Å². The van der Waals surface area contributed by atoms with Gasteiger partial charge in [0.25, 0.3) is 0 Å². The van der Waals surface area contributed by atoms with Crippen molar-refractivity contribution in [3.8, 4) is 0 Å². The summed E-state index contributed by atoms with van der Waals surface area (Å²) >= 11 is 0. The van der Waals surface area contributed by atoms with Gasteiger partial charge in [-0.05, 0) is 50.0 Å². The van der Waals surface area contributed by atoms with Crippen LogP contribution in [0.15, 0.2) is 0 Å². The molecule has 2 fully saturated rings. The van der Waals surface area contributed by atoms with Crippen molar-refractivity contribution in [2.75, 3.05) is 6.54 Å². The Balaban J connectivity index is 1.94. The molecule has 14 heavy (non-hydrogen) atoms. The first-order valence-corrected chi connectivity index (χ1v) is 6.42. The van der Waals surface area contributed by atoms with Crippen LogP contribution in [0.25, 0.3) is 0 Å². The molecular weight excluding hydrogens is 170 g/mol. The summed E-state index contributed by atoms with van der Waals surface area (Å²) in [6.07, 6.45) is 5.92. The van der Waals surface area contributed by atoms with Crippen molar-refractivity contribution in [3.05, 3.63) is 0 Å². The molecule has 2 rings (SSSR count). The van der Waals surface area contributed by atoms with Gasteiger partial charge in [0.2, 0.25) is 0 Å². The van der Waals surface area contributed by atoms with Gasteiger partial charge < -0.3 is 5.32 Å². The minimum Gasteiger partial charge on any atom is -0.314 e. The normalized spacial score (nSPS) is 49.5. The molecule has 1 aliphatic heterocycles. The lowest BCUT2D eigenvalue weighted by atomic mass is 9.71. The average molecular weight is 195 g/mol. The summed E-state index contributed by atoms with van der Waals surface area (Å²) in [7, 11) is 0. The zero-order chi connectivity index (χ0) is 10.1. The topological polar surface area (TPSA) is 12.0 Å². The Bertz CT molecular complexity index is 172. The first-order valence-electron chi connectivity index (χ1n) is 6.42. The highest BCUT2D eigenvalue weighted by molar-refractivity contribution is 4.91. The molecule has 3 atom stereocenters.